The summed E-state index contributed by atoms with van der Waals surface area (Å²) in [5, 5.41) is 0. The fourth-order valence-corrected chi connectivity index (χ4v) is 5.50. The maximum Gasteiger partial charge on any atom is 0.187 e. The van der Waals surface area contributed by atoms with Gasteiger partial charge in [-0.15, -0.1) is 0 Å². The van der Waals surface area contributed by atoms with E-state index in [1.165, 1.54) is 0 Å². The van der Waals surface area contributed by atoms with Gasteiger partial charge in [0.2, 0.25) is 0 Å². The van der Waals surface area contributed by atoms with Gasteiger partial charge in [-0.3, -0.25) is 0 Å². The highest BCUT2D eigenvalue weighted by Crippen LogP contribution is 2.32. The Hall–Kier alpha value is 0.411. The predicted molar refractivity (Wildman–Crippen MR) is 112 cm³/mol. The Morgan fingerprint density at radius 2 is 1.15 bits per heavy atom. The molecule has 0 aromatic rings. The molecule has 1 heterocycles. The molecule has 0 aliphatic carbocycles. The topological polar surface area (TPSA) is 55.4 Å². The number of hydrogen-bond donors (Lipinski definition) is 0. The molecule has 1 unspecified atom stereocenters. The van der Waals surface area contributed by atoms with Crippen LogP contribution in [0.4, 0.5) is 0 Å². The van der Waals surface area contributed by atoms with Crippen LogP contribution in [0.1, 0.15) is 0 Å². The van der Waals surface area contributed by atoms with Crippen LogP contribution in [0.2, 0.25) is 58.9 Å². The molecule has 0 amide bonds. The Kier molecular flexibility index (Phi) is 8.72. The Bertz CT molecular complexity index is 430. The maximum absolute atomic E-state index is 6.49. The molecule has 0 radical (unpaired) electrons. The standard InChI is InChI=1S/C17H40O6Si3/c1-18-14-13(12-20-24(3,4)5)21-17(23-26(9,10)11)16(19-2)15(14)22-25(6,7)8/h13-17H,12H2,1-11H3/t13-,14+,15+,16-,17?/m1/s1. The maximum atomic E-state index is 6.49. The van der Waals surface area contributed by atoms with E-state index in [0.717, 1.165) is 0 Å². The number of hydrogen-bond acceptors (Lipinski definition) is 6. The SMILES string of the molecule is CO[C@@H]1[C@H](O[Si](C)(C)C)[C@@H](OC)C(O[Si](C)(C)C)O[C@@H]1CO[Si](C)(C)C. The first kappa shape index (κ1) is 24.4. The van der Waals surface area contributed by atoms with E-state index in [-0.39, 0.29) is 24.4 Å². The van der Waals surface area contributed by atoms with Crippen molar-refractivity contribution in [3.8, 4) is 0 Å². The molecule has 1 aliphatic heterocycles. The highest BCUT2D eigenvalue weighted by molar-refractivity contribution is 6.70. The molecule has 0 N–H and O–H groups in total. The first-order valence-electron chi connectivity index (χ1n) is 9.37. The molecular formula is C17H40O6Si3. The smallest absolute Gasteiger partial charge is 0.187 e. The summed E-state index contributed by atoms with van der Waals surface area (Å²) in [6.45, 7) is 19.9. The van der Waals surface area contributed by atoms with Crippen molar-refractivity contribution < 1.29 is 27.5 Å². The molecule has 0 saturated carbocycles. The van der Waals surface area contributed by atoms with Gasteiger partial charge in [-0.1, -0.05) is 0 Å². The molecule has 9 heteroatoms. The summed E-state index contributed by atoms with van der Waals surface area (Å²) in [5.41, 5.74) is 0. The lowest BCUT2D eigenvalue weighted by Crippen LogP contribution is -2.64. The molecule has 26 heavy (non-hydrogen) atoms. The Labute approximate surface area is 163 Å². The van der Waals surface area contributed by atoms with Crippen molar-refractivity contribution in [1.82, 2.24) is 0 Å². The third kappa shape index (κ3) is 8.19. The van der Waals surface area contributed by atoms with Crippen LogP contribution in [0.3, 0.4) is 0 Å². The quantitative estimate of drug-likeness (QED) is 0.526. The Balaban J connectivity index is 3.13. The van der Waals surface area contributed by atoms with Gasteiger partial charge in [0, 0.05) is 14.2 Å². The van der Waals surface area contributed by atoms with Gasteiger partial charge in [0.15, 0.2) is 31.2 Å². The molecule has 1 fully saturated rings. The highest BCUT2D eigenvalue weighted by Gasteiger charge is 2.50. The molecule has 1 aliphatic rings. The van der Waals surface area contributed by atoms with E-state index in [9.17, 15) is 0 Å². The molecule has 0 aromatic heterocycles. The molecule has 0 aromatic carbocycles. The summed E-state index contributed by atoms with van der Waals surface area (Å²) in [4.78, 5) is 0. The molecule has 0 spiro atoms. The first-order chi connectivity index (χ1) is 11.7. The van der Waals surface area contributed by atoms with Crippen molar-refractivity contribution in [3.63, 3.8) is 0 Å². The summed E-state index contributed by atoms with van der Waals surface area (Å²) in [5.74, 6) is 0. The normalized spacial score (nSPS) is 31.3. The van der Waals surface area contributed by atoms with E-state index in [4.69, 9.17) is 27.5 Å². The van der Waals surface area contributed by atoms with Crippen molar-refractivity contribution in [1.29, 1.82) is 0 Å². The minimum absolute atomic E-state index is 0.248. The summed E-state index contributed by atoms with van der Waals surface area (Å²) in [6.07, 6.45) is -1.57. The Morgan fingerprint density at radius 3 is 1.54 bits per heavy atom. The number of rotatable bonds is 9. The van der Waals surface area contributed by atoms with Gasteiger partial charge >= 0.3 is 0 Å². The zero-order chi connectivity index (χ0) is 20.3. The molecule has 0 bridgehead atoms. The van der Waals surface area contributed by atoms with Crippen molar-refractivity contribution in [2.45, 2.75) is 89.6 Å². The zero-order valence-corrected chi connectivity index (χ0v) is 21.5. The van der Waals surface area contributed by atoms with E-state index in [1.807, 2.05) is 0 Å². The van der Waals surface area contributed by atoms with Crippen molar-refractivity contribution in [2.75, 3.05) is 20.8 Å². The van der Waals surface area contributed by atoms with Gasteiger partial charge in [-0.25, -0.2) is 0 Å². The van der Waals surface area contributed by atoms with Gasteiger partial charge in [0.1, 0.15) is 24.4 Å². The average molecular weight is 425 g/mol. The average Bonchev–Trinajstić information content (AvgIpc) is 2.41. The second kappa shape index (κ2) is 9.27. The lowest BCUT2D eigenvalue weighted by molar-refractivity contribution is -0.285. The fourth-order valence-electron chi connectivity index (χ4n) is 2.86. The summed E-state index contributed by atoms with van der Waals surface area (Å²) >= 11 is 0. The predicted octanol–water partition coefficient (Wildman–Crippen LogP) is 3.66. The molecule has 5 atom stereocenters. The van der Waals surface area contributed by atoms with E-state index >= 15 is 0 Å². The third-order valence-electron chi connectivity index (χ3n) is 3.78. The molecule has 6 nitrogen and oxygen atoms in total. The van der Waals surface area contributed by atoms with Gasteiger partial charge in [-0.05, 0) is 58.9 Å². The second-order valence-corrected chi connectivity index (χ2v) is 23.2. The van der Waals surface area contributed by atoms with Crippen LogP contribution < -0.4 is 0 Å². The van der Waals surface area contributed by atoms with Crippen molar-refractivity contribution in [2.24, 2.45) is 0 Å². The van der Waals surface area contributed by atoms with Crippen LogP contribution in [0, 0.1) is 0 Å². The van der Waals surface area contributed by atoms with Crippen LogP contribution in [0.15, 0.2) is 0 Å². The van der Waals surface area contributed by atoms with Crippen molar-refractivity contribution >= 4 is 25.0 Å². The van der Waals surface area contributed by atoms with Gasteiger partial charge in [0.25, 0.3) is 0 Å². The van der Waals surface area contributed by atoms with E-state index in [1.54, 1.807) is 14.2 Å². The zero-order valence-electron chi connectivity index (χ0n) is 18.5. The third-order valence-corrected chi connectivity index (χ3v) is 6.73. The molecule has 1 rings (SSSR count). The monoisotopic (exact) mass is 424 g/mol. The van der Waals surface area contributed by atoms with Crippen LogP contribution in [-0.4, -0.2) is 76.5 Å². The summed E-state index contributed by atoms with van der Waals surface area (Å²) in [6, 6.07) is 0. The molecular weight excluding hydrogens is 384 g/mol. The van der Waals surface area contributed by atoms with E-state index in [2.05, 4.69) is 58.9 Å². The number of ether oxygens (including phenoxy) is 3. The van der Waals surface area contributed by atoms with Crippen LogP contribution in [0.25, 0.3) is 0 Å². The van der Waals surface area contributed by atoms with Crippen LogP contribution >= 0.6 is 0 Å². The van der Waals surface area contributed by atoms with Gasteiger partial charge in [-0.2, -0.15) is 0 Å². The minimum atomic E-state index is -1.83. The second-order valence-electron chi connectivity index (χ2n) is 9.79. The lowest BCUT2D eigenvalue weighted by Gasteiger charge is -2.48. The molecule has 156 valence electrons. The lowest BCUT2D eigenvalue weighted by atomic mass is 9.99. The summed E-state index contributed by atoms with van der Waals surface area (Å²) in [7, 11) is -1.96. The Morgan fingerprint density at radius 1 is 0.654 bits per heavy atom. The minimum Gasteiger partial charge on any atom is -0.415 e. The van der Waals surface area contributed by atoms with Crippen LogP contribution in [0.5, 0.6) is 0 Å². The first-order valence-corrected chi connectivity index (χ1v) is 19.6. The summed E-state index contributed by atoms with van der Waals surface area (Å²) < 4.78 is 36.9. The van der Waals surface area contributed by atoms with Crippen LogP contribution in [-0.2, 0) is 27.5 Å². The molecule has 1 saturated heterocycles. The largest absolute Gasteiger partial charge is 0.415 e. The van der Waals surface area contributed by atoms with E-state index < -0.39 is 31.2 Å². The van der Waals surface area contributed by atoms with Gasteiger partial charge < -0.3 is 27.5 Å². The highest BCUT2D eigenvalue weighted by atomic mass is 28.4. The van der Waals surface area contributed by atoms with Gasteiger partial charge in [0.05, 0.1) is 6.61 Å². The van der Waals surface area contributed by atoms with Crippen molar-refractivity contribution in [3.05, 3.63) is 0 Å². The van der Waals surface area contributed by atoms with E-state index in [0.29, 0.717) is 6.61 Å². The fraction of sp³-hybridized carbons (Fsp3) is 1.00. The number of methoxy groups -OCH3 is 2.